The third kappa shape index (κ3) is 5.72. The van der Waals surface area contributed by atoms with Gasteiger partial charge in [0.1, 0.15) is 22.3 Å². The molecule has 0 aliphatic heterocycles. The maximum atomic E-state index is 2.60. The average molecular weight is 877 g/mol. The highest BCUT2D eigenvalue weighted by Gasteiger charge is 2.73. The summed E-state index contributed by atoms with van der Waals surface area (Å²) >= 11 is 0. The van der Waals surface area contributed by atoms with Gasteiger partial charge in [-0.2, -0.15) is 0 Å². The molecule has 2 aliphatic rings. The van der Waals surface area contributed by atoms with Crippen molar-refractivity contribution in [2.45, 2.75) is 12.8 Å². The number of rotatable bonds is 10. The van der Waals surface area contributed by atoms with Gasteiger partial charge >= 0.3 is 0 Å². The maximum Gasteiger partial charge on any atom is 0.148 e. The van der Waals surface area contributed by atoms with Gasteiger partial charge in [0, 0.05) is 0 Å². The summed E-state index contributed by atoms with van der Waals surface area (Å²) in [7, 11) is -10.5. The summed E-state index contributed by atoms with van der Waals surface area (Å²) in [6.07, 6.45) is 1.82. The van der Waals surface area contributed by atoms with Gasteiger partial charge in [0.05, 0.1) is 0 Å². The SMILES string of the molecule is c1ccc([Si](c2ccccc2)(c2cccc3c2Cc2ccccc2-3)[Si](c2ccccc2)(c2ccccc2)[Si](c2ccccc2)(c2ccccc2)c2cccc3c2Cc2ccccc2-3)cc1. The lowest BCUT2D eigenvalue weighted by molar-refractivity contribution is 1.28. The highest BCUT2D eigenvalue weighted by atomic mass is 29.6. The van der Waals surface area contributed by atoms with E-state index in [-0.39, 0.29) is 0 Å². The number of hydrogen-bond acceptors (Lipinski definition) is 0. The molecule has 2 aliphatic carbocycles. The van der Waals surface area contributed by atoms with Crippen LogP contribution >= 0.6 is 0 Å². The van der Waals surface area contributed by atoms with Crippen molar-refractivity contribution >= 4 is 63.8 Å². The van der Waals surface area contributed by atoms with Gasteiger partial charge in [-0.1, -0.05) is 298 Å². The molecule has 0 spiro atoms. The van der Waals surface area contributed by atoms with Crippen molar-refractivity contribution in [1.29, 1.82) is 0 Å². The summed E-state index contributed by atoms with van der Waals surface area (Å²) in [5.74, 6) is 0. The molecule has 0 atom stereocenters. The van der Waals surface area contributed by atoms with Crippen molar-refractivity contribution in [1.82, 2.24) is 0 Å². The first-order valence-electron chi connectivity index (χ1n) is 23.0. The molecular weight excluding hydrogens is 829 g/mol. The minimum Gasteiger partial charge on any atom is -0.0631 e. The Morgan fingerprint density at radius 2 is 0.477 bits per heavy atom. The second-order valence-electron chi connectivity index (χ2n) is 17.8. The van der Waals surface area contributed by atoms with E-state index in [9.17, 15) is 0 Å². The zero-order valence-corrected chi connectivity index (χ0v) is 39.3. The molecule has 3 heteroatoms. The van der Waals surface area contributed by atoms with Gasteiger partial charge in [-0.15, -0.1) is 0 Å². The van der Waals surface area contributed by atoms with E-state index in [2.05, 4.69) is 267 Å². The van der Waals surface area contributed by atoms with Crippen LogP contribution in [0, 0.1) is 0 Å². The number of hydrogen-bond donors (Lipinski definition) is 0. The van der Waals surface area contributed by atoms with Gasteiger partial charge in [-0.3, -0.25) is 0 Å². The van der Waals surface area contributed by atoms with E-state index >= 15 is 0 Å². The molecule has 65 heavy (non-hydrogen) atoms. The van der Waals surface area contributed by atoms with Crippen LogP contribution in [0.3, 0.4) is 0 Å². The van der Waals surface area contributed by atoms with Crippen molar-refractivity contribution in [3.8, 4) is 22.3 Å². The lowest BCUT2D eigenvalue weighted by atomic mass is 10.1. The van der Waals surface area contributed by atoms with E-state index in [1.807, 2.05) is 0 Å². The molecule has 0 saturated heterocycles. The maximum absolute atomic E-state index is 3.57. The highest BCUT2D eigenvalue weighted by Crippen LogP contribution is 2.41. The highest BCUT2D eigenvalue weighted by molar-refractivity contribution is 7.89. The van der Waals surface area contributed by atoms with Crippen LogP contribution in [0.4, 0.5) is 0 Å². The second kappa shape index (κ2) is 16.1. The Kier molecular flexibility index (Phi) is 9.79. The van der Waals surface area contributed by atoms with Gasteiger partial charge in [0.2, 0.25) is 0 Å². The fraction of sp³-hybridized carbons (Fsp3) is 0.0323. The molecule has 0 unspecified atom stereocenters. The molecule has 0 nitrogen and oxygen atoms in total. The Balaban J connectivity index is 1.41. The topological polar surface area (TPSA) is 0 Å². The molecule has 12 rings (SSSR count). The van der Waals surface area contributed by atoms with Crippen LogP contribution < -0.4 is 41.5 Å². The lowest BCUT2D eigenvalue weighted by Gasteiger charge is -2.60. The minimum absolute atomic E-state index is 0.908. The van der Waals surface area contributed by atoms with E-state index < -0.39 is 22.3 Å². The van der Waals surface area contributed by atoms with Gasteiger partial charge in [-0.25, -0.2) is 0 Å². The number of benzene rings is 10. The normalized spacial score (nSPS) is 12.8. The predicted molar refractivity (Wildman–Crippen MR) is 282 cm³/mol. The summed E-state index contributed by atoms with van der Waals surface area (Å²) in [5, 5.41) is 11.9. The largest absolute Gasteiger partial charge is 0.148 e. The fourth-order valence-corrected chi connectivity index (χ4v) is 58.6. The molecule has 10 aromatic carbocycles. The van der Waals surface area contributed by atoms with E-state index in [4.69, 9.17) is 0 Å². The van der Waals surface area contributed by atoms with Crippen molar-refractivity contribution in [3.05, 3.63) is 289 Å². The van der Waals surface area contributed by atoms with Crippen molar-refractivity contribution in [2.24, 2.45) is 0 Å². The molecule has 0 amide bonds. The summed E-state index contributed by atoms with van der Waals surface area (Å²) in [6, 6.07) is 105. The molecule has 0 fully saturated rings. The Labute approximate surface area is 385 Å². The summed E-state index contributed by atoms with van der Waals surface area (Å²) < 4.78 is 0. The van der Waals surface area contributed by atoms with Crippen molar-refractivity contribution in [2.75, 3.05) is 0 Å². The smallest absolute Gasteiger partial charge is 0.0631 e. The molecular formula is C62H48Si3. The second-order valence-corrected chi connectivity index (χ2v) is 37.3. The average Bonchev–Trinajstić information content (AvgIpc) is 3.97. The van der Waals surface area contributed by atoms with E-state index in [0.717, 1.165) is 12.8 Å². The van der Waals surface area contributed by atoms with Gasteiger partial charge in [0.15, 0.2) is 0 Å². The molecule has 0 N–H and O–H groups in total. The predicted octanol–water partition coefficient (Wildman–Crippen LogP) is 8.89. The zero-order valence-electron chi connectivity index (χ0n) is 36.3. The van der Waals surface area contributed by atoms with Crippen LogP contribution in [0.15, 0.2) is 267 Å². The van der Waals surface area contributed by atoms with Crippen LogP contribution in [0.25, 0.3) is 22.3 Å². The molecule has 308 valence electrons. The first-order chi connectivity index (χ1) is 32.3. The first-order valence-corrected chi connectivity index (χ1v) is 31.0. The summed E-state index contributed by atoms with van der Waals surface area (Å²) in [4.78, 5) is 0. The Morgan fingerprint density at radius 1 is 0.215 bits per heavy atom. The summed E-state index contributed by atoms with van der Waals surface area (Å²) in [5.41, 5.74) is 11.3. The molecule has 0 aromatic heterocycles. The standard InChI is InChI=1S/C62H48Si3/c1-7-27-49(28-8-1)63(50-29-9-2-10-30-50,61-43-23-41-57-55-39-21-19-25-47(55)45-59(57)61)65(53-35-15-5-16-36-53,54-37-17-6-18-38-54)64(51-31-11-3-12-32-51,52-33-13-4-14-34-52)62-44-24-42-58-56-40-22-20-26-48(56)46-60(58)62/h1-44H,45-46H2. The van der Waals surface area contributed by atoms with Crippen LogP contribution in [-0.4, -0.2) is 22.3 Å². The molecule has 0 heterocycles. The van der Waals surface area contributed by atoms with Crippen molar-refractivity contribution in [3.63, 3.8) is 0 Å². The molecule has 0 bridgehead atoms. The number of fused-ring (bicyclic) bond motifs is 6. The molecule has 10 aromatic rings. The summed E-state index contributed by atoms with van der Waals surface area (Å²) in [6.45, 7) is 0. The van der Waals surface area contributed by atoms with E-state index in [0.29, 0.717) is 0 Å². The molecule has 0 radical (unpaired) electrons. The Morgan fingerprint density at radius 3 is 0.800 bits per heavy atom. The van der Waals surface area contributed by atoms with E-state index in [1.54, 1.807) is 10.4 Å². The van der Waals surface area contributed by atoms with Gasteiger partial charge in [0.25, 0.3) is 0 Å². The van der Waals surface area contributed by atoms with Gasteiger partial charge in [-0.05, 0) is 67.7 Å². The van der Waals surface area contributed by atoms with Crippen LogP contribution in [-0.2, 0) is 12.8 Å². The fourth-order valence-electron chi connectivity index (χ4n) is 12.7. The quantitative estimate of drug-likeness (QED) is 0.0953. The van der Waals surface area contributed by atoms with Crippen LogP contribution in [0.1, 0.15) is 22.3 Å². The Hall–Kier alpha value is -7.15. The zero-order chi connectivity index (χ0) is 43.3. The third-order valence-corrected chi connectivity index (χ3v) is 48.9. The van der Waals surface area contributed by atoms with Gasteiger partial charge < -0.3 is 0 Å². The van der Waals surface area contributed by atoms with E-state index in [1.165, 1.54) is 75.6 Å². The van der Waals surface area contributed by atoms with Crippen LogP contribution in [0.5, 0.6) is 0 Å². The first kappa shape index (κ1) is 39.4. The Bertz CT molecular complexity index is 2990. The molecule has 0 saturated carbocycles. The third-order valence-electron chi connectivity index (χ3n) is 14.9. The lowest BCUT2D eigenvalue weighted by Crippen LogP contribution is -3.04. The van der Waals surface area contributed by atoms with Crippen molar-refractivity contribution < 1.29 is 0 Å². The monoisotopic (exact) mass is 876 g/mol. The minimum atomic E-state index is -3.57. The van der Waals surface area contributed by atoms with Crippen LogP contribution in [0.2, 0.25) is 0 Å².